The maximum Gasteiger partial charge on any atom is 0.163 e. The summed E-state index contributed by atoms with van der Waals surface area (Å²) < 4.78 is 38.0. The van der Waals surface area contributed by atoms with Gasteiger partial charge < -0.3 is 33.3 Å². The lowest BCUT2D eigenvalue weighted by Gasteiger charge is -2.46. The van der Waals surface area contributed by atoms with Crippen LogP contribution in [0, 0.1) is 0 Å². The van der Waals surface area contributed by atoms with Gasteiger partial charge in [0.15, 0.2) is 6.23 Å². The number of nitrogens with zero attached hydrogens (tertiary/aromatic N) is 1. The minimum atomic E-state index is -0.558. The van der Waals surface area contributed by atoms with Crippen LogP contribution in [0.1, 0.15) is 16.7 Å². The predicted octanol–water partition coefficient (Wildman–Crippen LogP) is 7.95. The molecule has 1 heterocycles. The number of ether oxygens (including phenoxy) is 6. The molecule has 0 radical (unpaired) electrons. The van der Waals surface area contributed by atoms with Crippen molar-refractivity contribution in [2.45, 2.75) is 44.4 Å². The Morgan fingerprint density at radius 1 is 0.511 bits per heavy atom. The van der Waals surface area contributed by atoms with Gasteiger partial charge in [0.05, 0.1) is 40.6 Å². The number of anilines is 2. The Hall–Kier alpha value is -4.66. The summed E-state index contributed by atoms with van der Waals surface area (Å²) in [5.74, 6) is 1.53. The molecule has 0 saturated carbocycles. The molecule has 47 heavy (non-hydrogen) atoms. The van der Waals surface area contributed by atoms with Crippen molar-refractivity contribution >= 4 is 11.4 Å². The molecule has 0 amide bonds. The highest BCUT2D eigenvalue weighted by atomic mass is 16.6. The van der Waals surface area contributed by atoms with E-state index in [2.05, 4.69) is 41.3 Å². The third-order valence-electron chi connectivity index (χ3n) is 8.24. The Morgan fingerprint density at radius 3 is 1.34 bits per heavy atom. The highest BCUT2D eigenvalue weighted by molar-refractivity contribution is 5.65. The van der Waals surface area contributed by atoms with Crippen molar-refractivity contribution < 1.29 is 28.4 Å². The zero-order chi connectivity index (χ0) is 32.3. The molecule has 5 aromatic carbocycles. The normalized spacial score (nSPS) is 19.2. The summed E-state index contributed by atoms with van der Waals surface area (Å²) in [6, 6.07) is 46.4. The van der Waals surface area contributed by atoms with Gasteiger partial charge in [-0.05, 0) is 65.2 Å². The van der Waals surface area contributed by atoms with Crippen LogP contribution in [0.2, 0.25) is 0 Å². The summed E-state index contributed by atoms with van der Waals surface area (Å²) in [5, 5.41) is 0. The van der Waals surface area contributed by atoms with E-state index in [-0.39, 0.29) is 6.10 Å². The second-order valence-electron chi connectivity index (χ2n) is 11.3. The SMILES string of the molecule is COc1ccc(N(c2ccc(OC)cc2)[C@@H]2OC[C@H](OCc3ccccc3)[C@H](OCc3ccccc3)[C@H]2OCc2ccccc2)cc1. The molecular formula is C40H41NO6. The van der Waals surface area contributed by atoms with Crippen molar-refractivity contribution in [1.29, 1.82) is 0 Å². The van der Waals surface area contributed by atoms with Gasteiger partial charge in [0.2, 0.25) is 0 Å². The highest BCUT2D eigenvalue weighted by Gasteiger charge is 2.46. The summed E-state index contributed by atoms with van der Waals surface area (Å²) in [4.78, 5) is 2.15. The smallest absolute Gasteiger partial charge is 0.163 e. The Morgan fingerprint density at radius 2 is 0.915 bits per heavy atom. The fraction of sp³-hybridized carbons (Fsp3) is 0.250. The zero-order valence-electron chi connectivity index (χ0n) is 26.8. The molecule has 242 valence electrons. The van der Waals surface area contributed by atoms with E-state index in [0.717, 1.165) is 39.6 Å². The Bertz CT molecular complexity index is 1570. The lowest BCUT2D eigenvalue weighted by atomic mass is 10.0. The van der Waals surface area contributed by atoms with E-state index < -0.39 is 18.4 Å². The summed E-state index contributed by atoms with van der Waals surface area (Å²) in [6.07, 6.45) is -1.94. The van der Waals surface area contributed by atoms with Crippen molar-refractivity contribution in [2.75, 3.05) is 25.7 Å². The second kappa shape index (κ2) is 16.3. The van der Waals surface area contributed by atoms with Crippen LogP contribution >= 0.6 is 0 Å². The van der Waals surface area contributed by atoms with Gasteiger partial charge in [-0.25, -0.2) is 0 Å². The first-order chi connectivity index (χ1) is 23.2. The molecule has 7 nitrogen and oxygen atoms in total. The van der Waals surface area contributed by atoms with Crippen molar-refractivity contribution in [2.24, 2.45) is 0 Å². The molecule has 5 aromatic rings. The van der Waals surface area contributed by atoms with Crippen molar-refractivity contribution in [3.8, 4) is 11.5 Å². The number of hydrogen-bond donors (Lipinski definition) is 0. The first kappa shape index (κ1) is 32.3. The summed E-state index contributed by atoms with van der Waals surface area (Å²) in [5.41, 5.74) is 5.04. The number of rotatable bonds is 14. The molecule has 0 bridgehead atoms. The molecule has 1 fully saturated rings. The van der Waals surface area contributed by atoms with Crippen LogP contribution in [0.5, 0.6) is 11.5 Å². The maximum atomic E-state index is 6.86. The Balaban J connectivity index is 1.38. The van der Waals surface area contributed by atoms with Crippen LogP contribution in [-0.4, -0.2) is 45.4 Å². The van der Waals surface area contributed by atoms with Crippen LogP contribution in [0.4, 0.5) is 11.4 Å². The standard InChI is InChI=1S/C40H41NO6/c1-42-35-22-18-33(19-23-35)41(34-20-24-36(43-2)25-21-34)40-39(46-28-32-16-10-5-11-17-32)38(45-27-31-14-8-4-9-15-31)37(29-47-40)44-26-30-12-6-3-7-13-30/h3-25,37-40H,26-29H2,1-2H3/t37-,38-,39+,40+/m0/s1. The molecule has 0 aromatic heterocycles. The average Bonchev–Trinajstić information content (AvgIpc) is 3.14. The van der Waals surface area contributed by atoms with Crippen LogP contribution in [-0.2, 0) is 38.8 Å². The van der Waals surface area contributed by atoms with Gasteiger partial charge in [0.25, 0.3) is 0 Å². The minimum absolute atomic E-state index is 0.310. The van der Waals surface area contributed by atoms with Crippen molar-refractivity contribution in [3.05, 3.63) is 156 Å². The Labute approximate surface area is 277 Å². The van der Waals surface area contributed by atoms with Crippen molar-refractivity contribution in [1.82, 2.24) is 0 Å². The molecule has 0 aliphatic carbocycles. The fourth-order valence-corrected chi connectivity index (χ4v) is 5.74. The number of hydrogen-bond acceptors (Lipinski definition) is 7. The van der Waals surface area contributed by atoms with E-state index in [1.807, 2.05) is 103 Å². The summed E-state index contributed by atoms with van der Waals surface area (Å²) in [6.45, 7) is 1.52. The molecule has 0 unspecified atom stereocenters. The van der Waals surface area contributed by atoms with Gasteiger partial charge >= 0.3 is 0 Å². The summed E-state index contributed by atoms with van der Waals surface area (Å²) >= 11 is 0. The van der Waals surface area contributed by atoms with Crippen LogP contribution in [0.15, 0.2) is 140 Å². The van der Waals surface area contributed by atoms with Crippen molar-refractivity contribution in [3.63, 3.8) is 0 Å². The molecular weight excluding hydrogens is 590 g/mol. The van der Waals surface area contributed by atoms with Gasteiger partial charge in [-0.15, -0.1) is 0 Å². The first-order valence-electron chi connectivity index (χ1n) is 15.9. The minimum Gasteiger partial charge on any atom is -0.497 e. The first-order valence-corrected chi connectivity index (χ1v) is 15.9. The topological polar surface area (TPSA) is 58.6 Å². The van der Waals surface area contributed by atoms with Gasteiger partial charge in [0.1, 0.15) is 29.8 Å². The largest absolute Gasteiger partial charge is 0.497 e. The lowest BCUT2D eigenvalue weighted by Crippen LogP contribution is -2.60. The van der Waals surface area contributed by atoms with Gasteiger partial charge in [0, 0.05) is 11.4 Å². The van der Waals surface area contributed by atoms with Gasteiger partial charge in [-0.2, -0.15) is 0 Å². The fourth-order valence-electron chi connectivity index (χ4n) is 5.74. The Kier molecular flexibility index (Phi) is 11.2. The van der Waals surface area contributed by atoms with Crippen LogP contribution in [0.25, 0.3) is 0 Å². The quantitative estimate of drug-likeness (QED) is 0.123. The van der Waals surface area contributed by atoms with Gasteiger partial charge in [-0.3, -0.25) is 0 Å². The van der Waals surface area contributed by atoms with E-state index in [1.54, 1.807) is 14.2 Å². The van der Waals surface area contributed by atoms with E-state index in [9.17, 15) is 0 Å². The third kappa shape index (κ3) is 8.39. The molecule has 0 N–H and O–H groups in total. The number of benzene rings is 5. The highest BCUT2D eigenvalue weighted by Crippen LogP contribution is 2.37. The monoisotopic (exact) mass is 631 g/mol. The molecule has 1 aliphatic heterocycles. The molecule has 1 aliphatic rings. The zero-order valence-corrected chi connectivity index (χ0v) is 26.8. The molecule has 7 heteroatoms. The predicted molar refractivity (Wildman–Crippen MR) is 183 cm³/mol. The van der Waals surface area contributed by atoms with Crippen LogP contribution < -0.4 is 14.4 Å². The van der Waals surface area contributed by atoms with E-state index in [1.165, 1.54) is 0 Å². The van der Waals surface area contributed by atoms with E-state index in [0.29, 0.717) is 26.4 Å². The van der Waals surface area contributed by atoms with Gasteiger partial charge in [-0.1, -0.05) is 91.0 Å². The molecule has 0 spiro atoms. The molecule has 4 atom stereocenters. The lowest BCUT2D eigenvalue weighted by molar-refractivity contribution is -0.236. The maximum absolute atomic E-state index is 6.86. The van der Waals surface area contributed by atoms with E-state index in [4.69, 9.17) is 28.4 Å². The average molecular weight is 632 g/mol. The van der Waals surface area contributed by atoms with E-state index >= 15 is 0 Å². The summed E-state index contributed by atoms with van der Waals surface area (Å²) in [7, 11) is 3.33. The third-order valence-corrected chi connectivity index (χ3v) is 8.24. The molecule has 1 saturated heterocycles. The molecule has 6 rings (SSSR count). The van der Waals surface area contributed by atoms with Crippen LogP contribution in [0.3, 0.4) is 0 Å². The number of methoxy groups -OCH3 is 2. The second-order valence-corrected chi connectivity index (χ2v) is 11.3.